The number of halogens is 4. The van der Waals surface area contributed by atoms with Crippen LogP contribution < -0.4 is 20.7 Å². The van der Waals surface area contributed by atoms with Crippen LogP contribution in [0.3, 0.4) is 0 Å². The van der Waals surface area contributed by atoms with Crippen molar-refractivity contribution >= 4 is 28.3 Å². The molecule has 0 unspecified atom stereocenters. The van der Waals surface area contributed by atoms with Crippen molar-refractivity contribution in [2.45, 2.75) is 31.2 Å². The third-order valence-corrected chi connectivity index (χ3v) is 6.38. The Morgan fingerprint density at radius 2 is 2.08 bits per heavy atom. The number of hydrogen-bond donors (Lipinski definition) is 3. The number of fused-ring (bicyclic) bond motifs is 1. The molecule has 0 bridgehead atoms. The van der Waals surface area contributed by atoms with Gasteiger partial charge in [-0.15, -0.1) is 0 Å². The topological polar surface area (TPSA) is 91.7 Å². The van der Waals surface area contributed by atoms with Gasteiger partial charge in [0.2, 0.25) is 0 Å². The van der Waals surface area contributed by atoms with Gasteiger partial charge in [0.25, 0.3) is 5.91 Å². The summed E-state index contributed by atoms with van der Waals surface area (Å²) in [5, 5.41) is 8.76. The third kappa shape index (κ3) is 6.72. The molecule has 1 aromatic carbocycles. The molecule has 1 amide bonds. The van der Waals surface area contributed by atoms with Gasteiger partial charge in [0.05, 0.1) is 30.0 Å². The van der Waals surface area contributed by atoms with E-state index in [9.17, 15) is 22.4 Å². The van der Waals surface area contributed by atoms with Crippen molar-refractivity contribution in [3.8, 4) is 17.6 Å². The van der Waals surface area contributed by atoms with Crippen LogP contribution in [-0.2, 0) is 6.42 Å². The van der Waals surface area contributed by atoms with Gasteiger partial charge in [-0.25, -0.2) is 9.37 Å². The second kappa shape index (κ2) is 11.8. The Hall–Kier alpha value is -3.98. The number of rotatable bonds is 7. The van der Waals surface area contributed by atoms with Crippen LogP contribution in [0.15, 0.2) is 34.9 Å². The third-order valence-electron chi connectivity index (χ3n) is 6.38. The number of likely N-dealkylation sites (tertiary alicyclic amines) is 1. The van der Waals surface area contributed by atoms with E-state index >= 15 is 0 Å². The Labute approximate surface area is 223 Å². The van der Waals surface area contributed by atoms with Gasteiger partial charge in [-0.1, -0.05) is 18.1 Å². The second-order valence-electron chi connectivity index (χ2n) is 9.19. The molecule has 0 saturated carbocycles. The molecule has 2 atom stereocenters. The molecule has 3 N–H and O–H groups in total. The molecule has 39 heavy (non-hydrogen) atoms. The predicted octanol–water partition coefficient (Wildman–Crippen LogP) is 4.22. The fourth-order valence-electron chi connectivity index (χ4n) is 4.42. The van der Waals surface area contributed by atoms with E-state index < -0.39 is 24.8 Å². The lowest BCUT2D eigenvalue weighted by Gasteiger charge is -2.33. The maximum atomic E-state index is 14.6. The maximum absolute atomic E-state index is 14.6. The number of pyridine rings is 1. The van der Waals surface area contributed by atoms with E-state index in [2.05, 4.69) is 32.8 Å². The minimum Gasteiger partial charge on any atom is -0.477 e. The lowest BCUT2D eigenvalue weighted by atomic mass is 10.0. The van der Waals surface area contributed by atoms with Crippen molar-refractivity contribution in [2.24, 2.45) is 0 Å². The molecule has 1 fully saturated rings. The number of piperidine rings is 1. The maximum Gasteiger partial charge on any atom is 0.393 e. The Morgan fingerprint density at radius 1 is 1.28 bits per heavy atom. The molecule has 1 aliphatic rings. The first-order valence-electron chi connectivity index (χ1n) is 12.3. The van der Waals surface area contributed by atoms with Crippen molar-refractivity contribution in [3.63, 3.8) is 0 Å². The van der Waals surface area contributed by atoms with Gasteiger partial charge in [-0.05, 0) is 31.5 Å². The average Bonchev–Trinajstić information content (AvgIpc) is 3.24. The van der Waals surface area contributed by atoms with Gasteiger partial charge in [0.15, 0.2) is 17.1 Å². The van der Waals surface area contributed by atoms with Crippen LogP contribution in [0.2, 0.25) is 0 Å². The van der Waals surface area contributed by atoms with Gasteiger partial charge in [-0.2, -0.15) is 13.2 Å². The highest BCUT2D eigenvalue weighted by Gasteiger charge is 2.33. The molecule has 4 rings (SSSR count). The highest BCUT2D eigenvalue weighted by Crippen LogP contribution is 2.36. The number of hydrogen-bond acceptors (Lipinski definition) is 7. The van der Waals surface area contributed by atoms with Crippen LogP contribution in [0, 0.1) is 11.8 Å². The Morgan fingerprint density at radius 3 is 2.77 bits per heavy atom. The molecule has 1 saturated heterocycles. The second-order valence-corrected chi connectivity index (χ2v) is 9.19. The quantitative estimate of drug-likeness (QED) is 0.302. The number of para-hydroxylation sites is 1. The van der Waals surface area contributed by atoms with Crippen LogP contribution in [0.5, 0.6) is 5.75 Å². The highest BCUT2D eigenvalue weighted by molar-refractivity contribution is 5.94. The average molecular weight is 548 g/mol. The molecule has 0 radical (unpaired) electrons. The first-order valence-corrected chi connectivity index (χ1v) is 12.3. The lowest BCUT2D eigenvalue weighted by molar-refractivity contribution is -0.127. The van der Waals surface area contributed by atoms with Gasteiger partial charge in [0, 0.05) is 38.1 Å². The Bertz CT molecular complexity index is 1400. The molecule has 3 aromatic rings. The normalized spacial score (nSPS) is 17.8. The molecule has 8 nitrogen and oxygen atoms in total. The summed E-state index contributed by atoms with van der Waals surface area (Å²) in [6.45, 7) is 0.783. The minimum absolute atomic E-state index is 0.0960. The van der Waals surface area contributed by atoms with E-state index in [1.165, 1.54) is 25.4 Å². The van der Waals surface area contributed by atoms with Crippen molar-refractivity contribution in [1.82, 2.24) is 15.2 Å². The molecular formula is C27H29F4N5O3. The van der Waals surface area contributed by atoms with Gasteiger partial charge in [0.1, 0.15) is 18.5 Å². The number of carbonyl (C=O) groups excluding carboxylic acids is 1. The predicted molar refractivity (Wildman–Crippen MR) is 140 cm³/mol. The number of benzene rings is 1. The number of furan rings is 1. The number of anilines is 2. The van der Waals surface area contributed by atoms with E-state index in [1.54, 1.807) is 19.2 Å². The highest BCUT2D eigenvalue weighted by atomic mass is 19.4. The largest absolute Gasteiger partial charge is 0.477 e. The zero-order valence-electron chi connectivity index (χ0n) is 21.7. The van der Waals surface area contributed by atoms with Gasteiger partial charge < -0.3 is 30.0 Å². The first kappa shape index (κ1) is 28.0. The van der Waals surface area contributed by atoms with E-state index in [0.29, 0.717) is 30.1 Å². The number of aromatic nitrogens is 1. The summed E-state index contributed by atoms with van der Waals surface area (Å²) in [7, 11) is 4.96. The zero-order chi connectivity index (χ0) is 28.2. The summed E-state index contributed by atoms with van der Waals surface area (Å²) >= 11 is 0. The summed E-state index contributed by atoms with van der Waals surface area (Å²) in [5.41, 5.74) is 1.19. The standard InChI is InChI=1S/C27H29F4N5O3/c1-32-21-12-22(26(37)33-2)34-14-24(21)38-11-5-8-23-17(13-27(29,30)31)16-6-4-7-20(25(16)39-23)35-19-9-10-36(3)15-18(19)28/h4,6-7,12,14,18-19,35H,9-11,13,15H2,1-3H3,(H,32,34)(H,33,37)/t18-,19+/m0/s1. The molecule has 1 aliphatic heterocycles. The summed E-state index contributed by atoms with van der Waals surface area (Å²) in [4.78, 5) is 17.7. The Kier molecular flexibility index (Phi) is 8.50. The lowest BCUT2D eigenvalue weighted by Crippen LogP contribution is -2.46. The fourth-order valence-corrected chi connectivity index (χ4v) is 4.42. The SMILES string of the molecule is CNC(=O)c1cc(NC)c(OCC#Cc2oc3c(N[C@@H]4CCN(C)C[C@@H]4F)cccc3c2CC(F)(F)F)cn1. The van der Waals surface area contributed by atoms with Gasteiger partial charge >= 0.3 is 6.18 Å². The van der Waals surface area contributed by atoms with Crippen LogP contribution in [0.25, 0.3) is 11.0 Å². The number of alkyl halides is 4. The minimum atomic E-state index is -4.49. The molecule has 0 spiro atoms. The smallest absolute Gasteiger partial charge is 0.393 e. The Balaban J connectivity index is 1.59. The van der Waals surface area contributed by atoms with Crippen molar-refractivity contribution < 1.29 is 31.5 Å². The molecule has 208 valence electrons. The fraction of sp³-hybridized carbons (Fsp3) is 0.407. The van der Waals surface area contributed by atoms with Crippen molar-refractivity contribution in [2.75, 3.05) is 51.5 Å². The molecule has 12 heteroatoms. The van der Waals surface area contributed by atoms with Gasteiger partial charge in [-0.3, -0.25) is 4.79 Å². The summed E-state index contributed by atoms with van der Waals surface area (Å²) < 4.78 is 66.5. The first-order chi connectivity index (χ1) is 18.6. The van der Waals surface area contributed by atoms with Crippen LogP contribution in [0.1, 0.15) is 28.2 Å². The van der Waals surface area contributed by atoms with Crippen molar-refractivity contribution in [1.29, 1.82) is 0 Å². The van der Waals surface area contributed by atoms with E-state index in [0.717, 1.165) is 0 Å². The zero-order valence-corrected chi connectivity index (χ0v) is 21.7. The summed E-state index contributed by atoms with van der Waals surface area (Å²) in [6, 6.07) is 5.81. The molecule has 2 aromatic heterocycles. The van der Waals surface area contributed by atoms with E-state index in [1.807, 2.05) is 11.9 Å². The number of nitrogens with zero attached hydrogens (tertiary/aromatic N) is 2. The van der Waals surface area contributed by atoms with Crippen LogP contribution in [0.4, 0.5) is 28.9 Å². The van der Waals surface area contributed by atoms with E-state index in [-0.39, 0.29) is 47.0 Å². The summed E-state index contributed by atoms with van der Waals surface area (Å²) in [5.74, 6) is 5.16. The van der Waals surface area contributed by atoms with Crippen LogP contribution in [-0.4, -0.2) is 75.0 Å². The molecule has 0 aliphatic carbocycles. The molecular weight excluding hydrogens is 518 g/mol. The summed E-state index contributed by atoms with van der Waals surface area (Å²) in [6.07, 6.45) is -4.97. The van der Waals surface area contributed by atoms with E-state index in [4.69, 9.17) is 9.15 Å². The molecule has 3 heterocycles. The van der Waals surface area contributed by atoms with Crippen molar-refractivity contribution in [3.05, 3.63) is 47.5 Å². The van der Waals surface area contributed by atoms with Crippen LogP contribution >= 0.6 is 0 Å². The monoisotopic (exact) mass is 547 g/mol. The number of amides is 1. The number of ether oxygens (including phenoxy) is 1. The number of nitrogens with one attached hydrogen (secondary N) is 3. The number of carbonyl (C=O) groups is 1.